The second-order valence-corrected chi connectivity index (χ2v) is 8.61. The van der Waals surface area contributed by atoms with Crippen molar-refractivity contribution in [2.75, 3.05) is 25.6 Å². The van der Waals surface area contributed by atoms with E-state index in [1.807, 2.05) is 0 Å². The van der Waals surface area contributed by atoms with Gasteiger partial charge in [0.25, 0.3) is 5.91 Å². The molecule has 7 nitrogen and oxygen atoms in total. The number of nitrogen functional groups attached to an aromatic ring is 1. The number of nitrogens with two attached hydrogens (primary N) is 1. The minimum Gasteiger partial charge on any atom is -0.394 e. The maximum absolute atomic E-state index is 15.0. The fraction of sp³-hybridized carbons (Fsp3) is 0.320. The van der Waals surface area contributed by atoms with Crippen molar-refractivity contribution in [3.63, 3.8) is 0 Å². The Kier molecular flexibility index (Phi) is 7.90. The first kappa shape index (κ1) is 25.0. The van der Waals surface area contributed by atoms with Crippen LogP contribution in [0.4, 0.5) is 14.6 Å². The summed E-state index contributed by atoms with van der Waals surface area (Å²) < 4.78 is 34.3. The van der Waals surface area contributed by atoms with E-state index in [1.54, 1.807) is 12.3 Å². The summed E-state index contributed by atoms with van der Waals surface area (Å²) in [5.41, 5.74) is 8.06. The normalized spacial score (nSPS) is 15.1. The number of alkyl halides is 1. The third-order valence-corrected chi connectivity index (χ3v) is 6.28. The molecule has 4 N–H and O–H groups in total. The van der Waals surface area contributed by atoms with Crippen molar-refractivity contribution in [1.29, 1.82) is 0 Å². The van der Waals surface area contributed by atoms with Crippen LogP contribution in [0, 0.1) is 11.6 Å². The van der Waals surface area contributed by atoms with E-state index in [9.17, 15) is 14.3 Å². The molecule has 2 heterocycles. The predicted octanol–water partition coefficient (Wildman–Crippen LogP) is 4.10. The zero-order valence-electron chi connectivity index (χ0n) is 18.8. The van der Waals surface area contributed by atoms with Gasteiger partial charge in [-0.3, -0.25) is 4.79 Å². The Morgan fingerprint density at radius 1 is 1.23 bits per heavy atom. The third kappa shape index (κ3) is 5.75. The van der Waals surface area contributed by atoms with E-state index in [1.165, 1.54) is 30.3 Å². The van der Waals surface area contributed by atoms with Gasteiger partial charge < -0.3 is 20.9 Å². The summed E-state index contributed by atoms with van der Waals surface area (Å²) in [5, 5.41) is 12.3. The zero-order valence-corrected chi connectivity index (χ0v) is 19.6. The van der Waals surface area contributed by atoms with Gasteiger partial charge in [0.05, 0.1) is 30.1 Å². The molecule has 35 heavy (non-hydrogen) atoms. The van der Waals surface area contributed by atoms with Gasteiger partial charge in [0.15, 0.2) is 0 Å². The summed E-state index contributed by atoms with van der Waals surface area (Å²) in [6.07, 6.45) is 3.26. The molecule has 1 amide bonds. The van der Waals surface area contributed by atoms with E-state index in [4.69, 9.17) is 22.1 Å². The van der Waals surface area contributed by atoms with Gasteiger partial charge in [0.2, 0.25) is 0 Å². The van der Waals surface area contributed by atoms with Crippen LogP contribution in [-0.4, -0.2) is 40.8 Å². The molecule has 1 aliphatic heterocycles. The van der Waals surface area contributed by atoms with Crippen LogP contribution in [0.25, 0.3) is 11.3 Å². The van der Waals surface area contributed by atoms with Crippen LogP contribution in [0.5, 0.6) is 0 Å². The molecule has 2 aromatic carbocycles. The predicted molar refractivity (Wildman–Crippen MR) is 128 cm³/mol. The molecule has 0 saturated carbocycles. The molecule has 1 aliphatic rings. The maximum atomic E-state index is 15.0. The molecule has 1 aromatic heterocycles. The van der Waals surface area contributed by atoms with Crippen molar-refractivity contribution < 1.29 is 23.4 Å². The van der Waals surface area contributed by atoms with Crippen LogP contribution in [-0.2, 0) is 10.6 Å². The second-order valence-electron chi connectivity index (χ2n) is 8.35. The van der Waals surface area contributed by atoms with Crippen molar-refractivity contribution in [3.05, 3.63) is 76.6 Å². The number of nitrogens with one attached hydrogen (secondary N) is 1. The number of amides is 1. The van der Waals surface area contributed by atoms with E-state index in [0.29, 0.717) is 35.6 Å². The fourth-order valence-electron chi connectivity index (χ4n) is 4.09. The quantitative estimate of drug-likeness (QED) is 0.419. The highest BCUT2D eigenvalue weighted by molar-refractivity contribution is 6.17. The van der Waals surface area contributed by atoms with Crippen molar-refractivity contribution in [3.8, 4) is 11.3 Å². The van der Waals surface area contributed by atoms with Crippen molar-refractivity contribution in [2.24, 2.45) is 0 Å². The Morgan fingerprint density at radius 3 is 2.69 bits per heavy atom. The smallest absolute Gasteiger partial charge is 0.254 e. The number of anilines is 1. The minimum atomic E-state index is -0.947. The van der Waals surface area contributed by atoms with Gasteiger partial charge in [-0.2, -0.15) is 0 Å². The molecule has 10 heteroatoms. The molecule has 0 aliphatic carbocycles. The number of aromatic nitrogens is 2. The highest BCUT2D eigenvalue weighted by Gasteiger charge is 2.22. The number of benzene rings is 2. The molecule has 1 fully saturated rings. The van der Waals surface area contributed by atoms with Gasteiger partial charge >= 0.3 is 0 Å². The molecule has 3 aromatic rings. The third-order valence-electron chi connectivity index (χ3n) is 5.97. The molecule has 0 radical (unpaired) electrons. The van der Waals surface area contributed by atoms with E-state index in [0.717, 1.165) is 18.5 Å². The first-order valence-corrected chi connectivity index (χ1v) is 11.7. The van der Waals surface area contributed by atoms with Crippen LogP contribution >= 0.6 is 11.6 Å². The lowest BCUT2D eigenvalue weighted by molar-refractivity contribution is 0.0844. The lowest BCUT2D eigenvalue weighted by Gasteiger charge is -2.22. The van der Waals surface area contributed by atoms with Gasteiger partial charge in [-0.15, -0.1) is 11.6 Å². The lowest BCUT2D eigenvalue weighted by atomic mass is 9.96. The Labute approximate surface area is 206 Å². The van der Waals surface area contributed by atoms with E-state index >= 15 is 4.39 Å². The SMILES string of the molecule is Nc1ncc(C2CCOCC2)nc1-c1ccc(C(=O)NC(CO)c2cc(F)cc(CCl)c2)c(F)c1. The number of rotatable bonds is 7. The molecule has 0 spiro atoms. The number of nitrogens with zero attached hydrogens (tertiary/aromatic N) is 2. The second kappa shape index (κ2) is 11.1. The van der Waals surface area contributed by atoms with Gasteiger partial charge in [-0.25, -0.2) is 18.7 Å². The summed E-state index contributed by atoms with van der Waals surface area (Å²) >= 11 is 5.78. The lowest BCUT2D eigenvalue weighted by Crippen LogP contribution is -2.31. The first-order valence-electron chi connectivity index (χ1n) is 11.2. The molecule has 4 rings (SSSR count). The Morgan fingerprint density at radius 2 is 2.00 bits per heavy atom. The van der Waals surface area contributed by atoms with Gasteiger partial charge in [-0.05, 0) is 48.2 Å². The molecular formula is C25H25ClF2N4O3. The maximum Gasteiger partial charge on any atom is 0.254 e. The highest BCUT2D eigenvalue weighted by Crippen LogP contribution is 2.30. The van der Waals surface area contributed by atoms with Crippen molar-refractivity contribution in [2.45, 2.75) is 30.7 Å². The monoisotopic (exact) mass is 502 g/mol. The van der Waals surface area contributed by atoms with E-state index in [-0.39, 0.29) is 23.2 Å². The van der Waals surface area contributed by atoms with Crippen molar-refractivity contribution >= 4 is 23.3 Å². The molecule has 1 saturated heterocycles. The number of halogens is 3. The fourth-order valence-corrected chi connectivity index (χ4v) is 4.24. The largest absolute Gasteiger partial charge is 0.394 e. The number of aliphatic hydroxyl groups excluding tert-OH is 1. The zero-order chi connectivity index (χ0) is 24.9. The number of hydrogen-bond acceptors (Lipinski definition) is 6. The summed E-state index contributed by atoms with van der Waals surface area (Å²) in [5.74, 6) is -1.71. The highest BCUT2D eigenvalue weighted by atomic mass is 35.5. The van der Waals surface area contributed by atoms with Gasteiger partial charge in [0.1, 0.15) is 23.1 Å². The van der Waals surface area contributed by atoms with E-state index in [2.05, 4.69) is 15.3 Å². The number of aliphatic hydroxyl groups is 1. The number of carbonyl (C=O) groups is 1. The van der Waals surface area contributed by atoms with E-state index < -0.39 is 30.2 Å². The Balaban J connectivity index is 1.56. The number of ether oxygens (including phenoxy) is 1. The van der Waals surface area contributed by atoms with Gasteiger partial charge in [-0.1, -0.05) is 12.1 Å². The Hall–Kier alpha value is -3.14. The molecular weight excluding hydrogens is 478 g/mol. The van der Waals surface area contributed by atoms with Crippen LogP contribution in [0.1, 0.15) is 52.0 Å². The standard InChI is InChI=1S/C25H25ClF2N4O3/c26-11-14-7-17(9-18(27)8-14)22(13-33)32-25(34)19-2-1-16(10-20(19)28)23-24(29)30-12-21(31-23)15-3-5-35-6-4-15/h1-2,7-10,12,15,22,33H,3-6,11,13H2,(H2,29,30)(H,32,34). The van der Waals surface area contributed by atoms with Crippen LogP contribution in [0.15, 0.2) is 42.6 Å². The summed E-state index contributed by atoms with van der Waals surface area (Å²) in [7, 11) is 0. The molecule has 0 bridgehead atoms. The average molecular weight is 503 g/mol. The molecule has 1 atom stereocenters. The number of hydrogen-bond donors (Lipinski definition) is 3. The summed E-state index contributed by atoms with van der Waals surface area (Å²) in [4.78, 5) is 21.6. The van der Waals surface area contributed by atoms with Crippen molar-refractivity contribution in [1.82, 2.24) is 15.3 Å². The van der Waals surface area contributed by atoms with Gasteiger partial charge in [0, 0.05) is 30.6 Å². The summed E-state index contributed by atoms with van der Waals surface area (Å²) in [6, 6.07) is 7.09. The molecule has 1 unspecified atom stereocenters. The average Bonchev–Trinajstić information content (AvgIpc) is 2.87. The topological polar surface area (TPSA) is 110 Å². The summed E-state index contributed by atoms with van der Waals surface area (Å²) in [6.45, 7) is 0.770. The van der Waals surface area contributed by atoms with Crippen LogP contribution < -0.4 is 11.1 Å². The first-order chi connectivity index (χ1) is 16.9. The van der Waals surface area contributed by atoms with Crippen LogP contribution in [0.2, 0.25) is 0 Å². The van der Waals surface area contributed by atoms with Crippen LogP contribution in [0.3, 0.4) is 0 Å². The Bertz CT molecular complexity index is 1220. The minimum absolute atomic E-state index is 0.0642. The molecule has 184 valence electrons. The number of carbonyl (C=O) groups excluding carboxylic acids is 1.